The van der Waals surface area contributed by atoms with E-state index in [9.17, 15) is 4.79 Å². The van der Waals surface area contributed by atoms with Crippen LogP contribution in [0.15, 0.2) is 18.2 Å². The first-order valence-electron chi connectivity index (χ1n) is 7.21. The molecule has 1 atom stereocenters. The van der Waals surface area contributed by atoms with E-state index in [1.165, 1.54) is 16.7 Å². The minimum Gasteiger partial charge on any atom is -0.359 e. The van der Waals surface area contributed by atoms with Gasteiger partial charge < -0.3 is 11.1 Å². The third-order valence-electron chi connectivity index (χ3n) is 4.36. The number of benzene rings is 1. The van der Waals surface area contributed by atoms with Crippen molar-refractivity contribution in [3.8, 4) is 0 Å². The molecule has 1 aliphatic rings. The molecule has 0 aromatic heterocycles. The highest BCUT2D eigenvalue weighted by atomic mass is 16.2. The van der Waals surface area contributed by atoms with E-state index >= 15 is 0 Å². The third kappa shape index (κ3) is 3.02. The summed E-state index contributed by atoms with van der Waals surface area (Å²) in [6.45, 7) is 7.47. The van der Waals surface area contributed by atoms with Crippen molar-refractivity contribution in [1.29, 1.82) is 0 Å². The second-order valence-electron chi connectivity index (χ2n) is 6.07. The molecule has 20 heavy (non-hydrogen) atoms. The molecule has 1 unspecified atom stereocenters. The first-order chi connectivity index (χ1) is 9.48. The highest BCUT2D eigenvalue weighted by Crippen LogP contribution is 2.31. The van der Waals surface area contributed by atoms with Crippen LogP contribution in [-0.2, 0) is 17.9 Å². The molecule has 0 spiro atoms. The number of carbonyl (C=O) groups is 1. The number of rotatable bonds is 4. The maximum Gasteiger partial charge on any atom is 0.227 e. The summed E-state index contributed by atoms with van der Waals surface area (Å²) in [6.07, 6.45) is 0.923. The van der Waals surface area contributed by atoms with Gasteiger partial charge in [0.05, 0.1) is 5.41 Å². The summed E-state index contributed by atoms with van der Waals surface area (Å²) in [5.74, 6) is 0.148. The molecule has 1 fully saturated rings. The van der Waals surface area contributed by atoms with Crippen LogP contribution in [0, 0.1) is 12.3 Å². The average molecular weight is 275 g/mol. The Hall–Kier alpha value is -1.39. The molecule has 1 aromatic carbocycles. The lowest BCUT2D eigenvalue weighted by Crippen LogP contribution is -2.39. The van der Waals surface area contributed by atoms with Crippen molar-refractivity contribution in [2.24, 2.45) is 11.1 Å². The number of amides is 1. The number of nitrogens with one attached hydrogen (secondary N) is 1. The van der Waals surface area contributed by atoms with Gasteiger partial charge in [0.2, 0.25) is 5.91 Å². The maximum absolute atomic E-state index is 11.9. The van der Waals surface area contributed by atoms with Gasteiger partial charge >= 0.3 is 0 Å². The summed E-state index contributed by atoms with van der Waals surface area (Å²) in [7, 11) is 1.71. The van der Waals surface area contributed by atoms with E-state index in [-0.39, 0.29) is 11.3 Å². The van der Waals surface area contributed by atoms with Gasteiger partial charge in [0.15, 0.2) is 0 Å². The zero-order chi connectivity index (χ0) is 14.8. The van der Waals surface area contributed by atoms with Gasteiger partial charge in [0.1, 0.15) is 0 Å². The molecule has 0 aliphatic carbocycles. The number of nitrogens with two attached hydrogens (primary N) is 1. The van der Waals surface area contributed by atoms with Crippen LogP contribution < -0.4 is 11.1 Å². The van der Waals surface area contributed by atoms with E-state index in [4.69, 9.17) is 5.73 Å². The Morgan fingerprint density at radius 1 is 1.50 bits per heavy atom. The number of likely N-dealkylation sites (tertiary alicyclic amines) is 1. The van der Waals surface area contributed by atoms with Gasteiger partial charge in [-0.1, -0.05) is 18.2 Å². The molecule has 2 rings (SSSR count). The molecule has 110 valence electrons. The summed E-state index contributed by atoms with van der Waals surface area (Å²) < 4.78 is 0. The van der Waals surface area contributed by atoms with Crippen LogP contribution in [0.25, 0.3) is 0 Å². The van der Waals surface area contributed by atoms with Crippen LogP contribution in [0.2, 0.25) is 0 Å². The molecule has 1 saturated heterocycles. The van der Waals surface area contributed by atoms with Crippen LogP contribution in [0.3, 0.4) is 0 Å². The summed E-state index contributed by atoms with van der Waals surface area (Å²) in [6, 6.07) is 6.41. The van der Waals surface area contributed by atoms with Crippen LogP contribution in [0.4, 0.5) is 0 Å². The Morgan fingerprint density at radius 3 is 2.85 bits per heavy atom. The van der Waals surface area contributed by atoms with Gasteiger partial charge in [-0.05, 0) is 43.5 Å². The smallest absolute Gasteiger partial charge is 0.227 e. The van der Waals surface area contributed by atoms with Crippen molar-refractivity contribution in [1.82, 2.24) is 10.2 Å². The summed E-state index contributed by atoms with van der Waals surface area (Å²) in [5, 5.41) is 2.78. The van der Waals surface area contributed by atoms with Crippen molar-refractivity contribution in [3.63, 3.8) is 0 Å². The fraction of sp³-hybridized carbons (Fsp3) is 0.562. The Labute approximate surface area is 121 Å². The zero-order valence-electron chi connectivity index (χ0n) is 12.7. The fourth-order valence-corrected chi connectivity index (χ4v) is 2.98. The van der Waals surface area contributed by atoms with E-state index in [0.717, 1.165) is 26.1 Å². The van der Waals surface area contributed by atoms with Gasteiger partial charge in [0.25, 0.3) is 0 Å². The highest BCUT2D eigenvalue weighted by molar-refractivity contribution is 5.82. The Bertz CT molecular complexity index is 500. The quantitative estimate of drug-likeness (QED) is 0.873. The van der Waals surface area contributed by atoms with Crippen molar-refractivity contribution < 1.29 is 4.79 Å². The molecule has 1 aromatic rings. The summed E-state index contributed by atoms with van der Waals surface area (Å²) in [4.78, 5) is 14.3. The van der Waals surface area contributed by atoms with Gasteiger partial charge in [-0.25, -0.2) is 0 Å². The molecule has 0 radical (unpaired) electrons. The van der Waals surface area contributed by atoms with Crippen molar-refractivity contribution in [3.05, 3.63) is 34.9 Å². The Balaban J connectivity index is 2.04. The SMILES string of the molecule is CNC(=O)C1(C)CCN(Cc2ccc(CN)cc2C)C1. The van der Waals surface area contributed by atoms with E-state index in [1.54, 1.807) is 7.05 Å². The topological polar surface area (TPSA) is 58.4 Å². The van der Waals surface area contributed by atoms with E-state index < -0.39 is 0 Å². The van der Waals surface area contributed by atoms with Crippen molar-refractivity contribution in [2.75, 3.05) is 20.1 Å². The minimum atomic E-state index is -0.250. The van der Waals surface area contributed by atoms with Crippen LogP contribution >= 0.6 is 0 Å². The molecule has 1 aliphatic heterocycles. The molecule has 1 heterocycles. The van der Waals surface area contributed by atoms with Crippen molar-refractivity contribution in [2.45, 2.75) is 33.4 Å². The summed E-state index contributed by atoms with van der Waals surface area (Å²) >= 11 is 0. The van der Waals surface area contributed by atoms with Crippen molar-refractivity contribution >= 4 is 5.91 Å². The number of hydrogen-bond donors (Lipinski definition) is 2. The molecular weight excluding hydrogens is 250 g/mol. The monoisotopic (exact) mass is 275 g/mol. The first kappa shape index (κ1) is 15.0. The van der Waals surface area contributed by atoms with Gasteiger partial charge in [-0.15, -0.1) is 0 Å². The summed E-state index contributed by atoms with van der Waals surface area (Å²) in [5.41, 5.74) is 9.18. The maximum atomic E-state index is 11.9. The van der Waals surface area contributed by atoms with E-state index in [0.29, 0.717) is 6.54 Å². The van der Waals surface area contributed by atoms with Crippen LogP contribution in [0.1, 0.15) is 30.0 Å². The van der Waals surface area contributed by atoms with E-state index in [2.05, 4.69) is 42.3 Å². The Kier molecular flexibility index (Phi) is 4.45. The first-order valence-corrected chi connectivity index (χ1v) is 7.21. The molecule has 0 saturated carbocycles. The molecule has 3 N–H and O–H groups in total. The highest BCUT2D eigenvalue weighted by Gasteiger charge is 2.39. The van der Waals surface area contributed by atoms with Gasteiger partial charge in [-0.3, -0.25) is 9.69 Å². The number of nitrogens with zero attached hydrogens (tertiary/aromatic N) is 1. The minimum absolute atomic E-state index is 0.148. The lowest BCUT2D eigenvalue weighted by Gasteiger charge is -2.23. The second-order valence-corrected chi connectivity index (χ2v) is 6.07. The fourth-order valence-electron chi connectivity index (χ4n) is 2.98. The third-order valence-corrected chi connectivity index (χ3v) is 4.36. The second kappa shape index (κ2) is 5.94. The van der Waals surface area contributed by atoms with Crippen LogP contribution in [0.5, 0.6) is 0 Å². The molecular formula is C16H25N3O. The number of aryl methyl sites for hydroxylation is 1. The van der Waals surface area contributed by atoms with Crippen LogP contribution in [-0.4, -0.2) is 30.9 Å². The number of carbonyl (C=O) groups excluding carboxylic acids is 1. The lowest BCUT2D eigenvalue weighted by molar-refractivity contribution is -0.129. The largest absolute Gasteiger partial charge is 0.359 e. The Morgan fingerprint density at radius 2 is 2.25 bits per heavy atom. The zero-order valence-corrected chi connectivity index (χ0v) is 12.7. The predicted molar refractivity (Wildman–Crippen MR) is 81.1 cm³/mol. The predicted octanol–water partition coefficient (Wildman–Crippen LogP) is 1.41. The standard InChI is InChI=1S/C16H25N3O/c1-12-8-13(9-17)4-5-14(12)10-19-7-6-16(2,11-19)15(20)18-3/h4-5,8H,6-7,9-11,17H2,1-3H3,(H,18,20). The lowest BCUT2D eigenvalue weighted by atomic mass is 9.89. The van der Waals surface area contributed by atoms with Gasteiger partial charge in [-0.2, -0.15) is 0 Å². The molecule has 4 nitrogen and oxygen atoms in total. The molecule has 4 heteroatoms. The number of hydrogen-bond acceptors (Lipinski definition) is 3. The van der Waals surface area contributed by atoms with E-state index in [1.807, 2.05) is 0 Å². The average Bonchev–Trinajstić information content (AvgIpc) is 2.83. The normalized spacial score (nSPS) is 23.0. The van der Waals surface area contributed by atoms with Gasteiger partial charge in [0, 0.05) is 26.7 Å². The molecule has 1 amide bonds. The molecule has 0 bridgehead atoms.